The summed E-state index contributed by atoms with van der Waals surface area (Å²) in [6.07, 6.45) is 0. The van der Waals surface area contributed by atoms with Gasteiger partial charge in [0, 0.05) is 30.0 Å². The van der Waals surface area contributed by atoms with Crippen molar-refractivity contribution in [3.63, 3.8) is 0 Å². The van der Waals surface area contributed by atoms with E-state index in [0.717, 1.165) is 18.8 Å². The number of methoxy groups -OCH3 is 1. The van der Waals surface area contributed by atoms with E-state index in [1.54, 1.807) is 7.11 Å². The van der Waals surface area contributed by atoms with E-state index in [1.807, 2.05) is 11.3 Å². The van der Waals surface area contributed by atoms with Crippen LogP contribution in [-0.4, -0.2) is 25.2 Å². The highest BCUT2D eigenvalue weighted by molar-refractivity contribution is 7.12. The second-order valence-corrected chi connectivity index (χ2v) is 6.42. The summed E-state index contributed by atoms with van der Waals surface area (Å²) in [5.74, 6) is 0. The van der Waals surface area contributed by atoms with Crippen LogP contribution in [0.1, 0.15) is 49.3 Å². The number of thiazole rings is 1. The molecule has 1 atom stereocenters. The Morgan fingerprint density at radius 1 is 1.41 bits per heavy atom. The Morgan fingerprint density at radius 2 is 2.06 bits per heavy atom. The van der Waals surface area contributed by atoms with Crippen molar-refractivity contribution in [3.05, 3.63) is 15.6 Å². The molecular weight excluding hydrogens is 232 g/mol. The maximum atomic E-state index is 5.04. The molecule has 0 bridgehead atoms. The summed E-state index contributed by atoms with van der Waals surface area (Å²) < 4.78 is 5.04. The third-order valence-electron chi connectivity index (χ3n) is 2.62. The van der Waals surface area contributed by atoms with E-state index < -0.39 is 0 Å². The Balaban J connectivity index is 2.74. The summed E-state index contributed by atoms with van der Waals surface area (Å²) in [4.78, 5) is 6.02. The molecule has 1 aromatic rings. The van der Waals surface area contributed by atoms with Gasteiger partial charge in [-0.05, 0) is 13.8 Å². The second-order valence-electron chi connectivity index (χ2n) is 5.39. The maximum absolute atomic E-state index is 5.04. The molecule has 0 aromatic carbocycles. The van der Waals surface area contributed by atoms with Gasteiger partial charge in [0.15, 0.2) is 0 Å². The lowest BCUT2D eigenvalue weighted by atomic mass is 9.98. The van der Waals surface area contributed by atoms with Gasteiger partial charge in [-0.2, -0.15) is 0 Å². The van der Waals surface area contributed by atoms with Crippen LogP contribution in [0.5, 0.6) is 0 Å². The molecule has 1 heterocycles. The Hall–Kier alpha value is -0.450. The van der Waals surface area contributed by atoms with E-state index in [0.29, 0.717) is 6.04 Å². The lowest BCUT2D eigenvalue weighted by Gasteiger charge is -2.14. The van der Waals surface area contributed by atoms with E-state index in [1.165, 1.54) is 9.88 Å². The van der Waals surface area contributed by atoms with Crippen molar-refractivity contribution in [1.82, 2.24) is 10.3 Å². The van der Waals surface area contributed by atoms with E-state index in [2.05, 4.69) is 44.9 Å². The van der Waals surface area contributed by atoms with Crippen LogP contribution in [0, 0.1) is 6.92 Å². The van der Waals surface area contributed by atoms with Gasteiger partial charge >= 0.3 is 0 Å². The lowest BCUT2D eigenvalue weighted by Crippen LogP contribution is -2.22. The molecule has 0 saturated heterocycles. The van der Waals surface area contributed by atoms with Gasteiger partial charge in [0.2, 0.25) is 0 Å². The zero-order valence-corrected chi connectivity index (χ0v) is 12.6. The van der Waals surface area contributed by atoms with Crippen LogP contribution < -0.4 is 5.32 Å². The molecule has 1 rings (SSSR count). The molecule has 98 valence electrons. The fourth-order valence-electron chi connectivity index (χ4n) is 1.60. The average Bonchev–Trinajstić information content (AvgIpc) is 2.60. The molecule has 0 aliphatic carbocycles. The minimum atomic E-state index is 0.139. The topological polar surface area (TPSA) is 34.1 Å². The smallest absolute Gasteiger partial charge is 0.0985 e. The Kier molecular flexibility index (Phi) is 5.10. The van der Waals surface area contributed by atoms with Crippen LogP contribution in [0.3, 0.4) is 0 Å². The third-order valence-corrected chi connectivity index (χ3v) is 4.39. The summed E-state index contributed by atoms with van der Waals surface area (Å²) in [5, 5.41) is 4.66. The highest BCUT2D eigenvalue weighted by atomic mass is 32.1. The second kappa shape index (κ2) is 5.94. The zero-order valence-electron chi connectivity index (χ0n) is 11.8. The molecule has 1 unspecified atom stereocenters. The van der Waals surface area contributed by atoms with Crippen molar-refractivity contribution in [1.29, 1.82) is 0 Å². The van der Waals surface area contributed by atoms with E-state index in [-0.39, 0.29) is 5.41 Å². The monoisotopic (exact) mass is 256 g/mol. The molecule has 0 aliphatic heterocycles. The molecule has 1 aromatic heterocycles. The standard InChI is InChI=1S/C13H24N2OS/c1-9(14-7-8-16-6)11-10(2)15-12(17-11)13(3,4)5/h9,14H,7-8H2,1-6H3. The van der Waals surface area contributed by atoms with Crippen molar-refractivity contribution < 1.29 is 4.74 Å². The molecular formula is C13H24N2OS. The highest BCUT2D eigenvalue weighted by Gasteiger charge is 2.22. The minimum absolute atomic E-state index is 0.139. The summed E-state index contributed by atoms with van der Waals surface area (Å²) in [7, 11) is 1.72. The van der Waals surface area contributed by atoms with Crippen LogP contribution in [-0.2, 0) is 10.2 Å². The number of nitrogens with zero attached hydrogens (tertiary/aromatic N) is 1. The zero-order chi connectivity index (χ0) is 13.1. The number of rotatable bonds is 5. The van der Waals surface area contributed by atoms with E-state index >= 15 is 0 Å². The van der Waals surface area contributed by atoms with E-state index in [4.69, 9.17) is 4.74 Å². The first-order valence-corrected chi connectivity index (χ1v) is 6.88. The molecule has 0 saturated carbocycles. The maximum Gasteiger partial charge on any atom is 0.0985 e. The normalized spacial score (nSPS) is 14.0. The number of hydrogen-bond acceptors (Lipinski definition) is 4. The van der Waals surface area contributed by atoms with Crippen LogP contribution >= 0.6 is 11.3 Å². The van der Waals surface area contributed by atoms with E-state index in [9.17, 15) is 0 Å². The van der Waals surface area contributed by atoms with Gasteiger partial charge in [0.05, 0.1) is 17.3 Å². The van der Waals surface area contributed by atoms with Gasteiger partial charge in [0.25, 0.3) is 0 Å². The van der Waals surface area contributed by atoms with Crippen LogP contribution in [0.4, 0.5) is 0 Å². The Morgan fingerprint density at radius 3 is 2.53 bits per heavy atom. The molecule has 0 fully saturated rings. The molecule has 0 radical (unpaired) electrons. The van der Waals surface area contributed by atoms with Gasteiger partial charge in [-0.3, -0.25) is 0 Å². The van der Waals surface area contributed by atoms with Crippen molar-refractivity contribution in [2.45, 2.75) is 46.1 Å². The van der Waals surface area contributed by atoms with Crippen molar-refractivity contribution in [3.8, 4) is 0 Å². The first kappa shape index (κ1) is 14.6. The molecule has 3 nitrogen and oxygen atoms in total. The number of hydrogen-bond donors (Lipinski definition) is 1. The van der Waals surface area contributed by atoms with Gasteiger partial charge in [-0.1, -0.05) is 20.8 Å². The average molecular weight is 256 g/mol. The fraction of sp³-hybridized carbons (Fsp3) is 0.769. The molecule has 0 amide bonds. The summed E-state index contributed by atoms with van der Waals surface area (Å²) in [6.45, 7) is 12.5. The van der Waals surface area contributed by atoms with Crippen molar-refractivity contribution in [2.75, 3.05) is 20.3 Å². The quantitative estimate of drug-likeness (QED) is 0.822. The number of ether oxygens (including phenoxy) is 1. The number of aromatic nitrogens is 1. The SMILES string of the molecule is COCCNC(C)c1sc(C(C)(C)C)nc1C. The van der Waals surface area contributed by atoms with Gasteiger partial charge in [0.1, 0.15) is 0 Å². The molecule has 4 heteroatoms. The molecule has 0 spiro atoms. The first-order valence-electron chi connectivity index (χ1n) is 6.06. The van der Waals surface area contributed by atoms with Crippen LogP contribution in [0.25, 0.3) is 0 Å². The predicted molar refractivity (Wildman–Crippen MR) is 73.8 cm³/mol. The Labute approximate surface area is 109 Å². The summed E-state index contributed by atoms with van der Waals surface area (Å²) >= 11 is 1.82. The van der Waals surface area contributed by atoms with Crippen molar-refractivity contribution in [2.24, 2.45) is 0 Å². The molecule has 0 aliphatic rings. The molecule has 1 N–H and O–H groups in total. The largest absolute Gasteiger partial charge is 0.383 e. The highest BCUT2D eigenvalue weighted by Crippen LogP contribution is 2.32. The third kappa shape index (κ3) is 4.05. The number of nitrogens with one attached hydrogen (secondary N) is 1. The van der Waals surface area contributed by atoms with Gasteiger partial charge in [-0.25, -0.2) is 4.98 Å². The summed E-state index contributed by atoms with van der Waals surface area (Å²) in [6, 6.07) is 0.346. The Bertz CT molecular complexity index is 355. The lowest BCUT2D eigenvalue weighted by molar-refractivity contribution is 0.196. The van der Waals surface area contributed by atoms with Crippen molar-refractivity contribution >= 4 is 11.3 Å². The summed E-state index contributed by atoms with van der Waals surface area (Å²) in [5.41, 5.74) is 1.29. The van der Waals surface area contributed by atoms with Gasteiger partial charge in [-0.15, -0.1) is 11.3 Å². The first-order chi connectivity index (χ1) is 7.86. The fourth-order valence-corrected chi connectivity index (χ4v) is 2.75. The van der Waals surface area contributed by atoms with Crippen LogP contribution in [0.2, 0.25) is 0 Å². The molecule has 17 heavy (non-hydrogen) atoms. The number of aryl methyl sites for hydroxylation is 1. The van der Waals surface area contributed by atoms with Gasteiger partial charge < -0.3 is 10.1 Å². The van der Waals surface area contributed by atoms with Crippen LogP contribution in [0.15, 0.2) is 0 Å². The minimum Gasteiger partial charge on any atom is -0.383 e. The predicted octanol–water partition coefficient (Wildman–Crippen LogP) is 3.05.